The molecule has 0 bridgehead atoms. The third-order valence-corrected chi connectivity index (χ3v) is 1.03. The van der Waals surface area contributed by atoms with E-state index in [9.17, 15) is 4.79 Å². The second-order valence-corrected chi connectivity index (χ2v) is 1.95. The molecule has 0 aliphatic carbocycles. The predicted molar refractivity (Wildman–Crippen MR) is 45.3 cm³/mol. The molecule has 66 valence electrons. The van der Waals surface area contributed by atoms with Crippen LogP contribution in [0.4, 0.5) is 0 Å². The summed E-state index contributed by atoms with van der Waals surface area (Å²) in [5.74, 6) is -0.445. The van der Waals surface area contributed by atoms with E-state index in [0.29, 0.717) is 0 Å². The van der Waals surface area contributed by atoms with Gasteiger partial charge in [0.25, 0.3) is 0 Å². The van der Waals surface area contributed by atoms with Gasteiger partial charge in [0.2, 0.25) is 0 Å². The van der Waals surface area contributed by atoms with Crippen LogP contribution in [0.3, 0.4) is 0 Å². The molecule has 0 fully saturated rings. The van der Waals surface area contributed by atoms with E-state index in [1.54, 1.807) is 0 Å². The lowest BCUT2D eigenvalue weighted by Crippen LogP contribution is -1.93. The zero-order valence-electron chi connectivity index (χ0n) is 6.78. The monoisotopic (exact) mass is 169 g/mol. The Morgan fingerprint density at radius 2 is 2.33 bits per heavy atom. The van der Waals surface area contributed by atoms with Gasteiger partial charge in [0.1, 0.15) is 0 Å². The van der Waals surface area contributed by atoms with Gasteiger partial charge in [-0.25, -0.2) is 4.79 Å². The molecule has 0 radical (unpaired) electrons. The zero-order valence-corrected chi connectivity index (χ0v) is 6.78. The van der Waals surface area contributed by atoms with Gasteiger partial charge in [-0.1, -0.05) is 6.08 Å². The first kappa shape index (κ1) is 10.4. The van der Waals surface area contributed by atoms with Gasteiger partial charge in [0.15, 0.2) is 0 Å². The summed E-state index contributed by atoms with van der Waals surface area (Å²) in [6.45, 7) is 0. The number of hydrogen-bond donors (Lipinski definition) is 2. The van der Waals surface area contributed by atoms with Crippen LogP contribution in [-0.2, 0) is 9.53 Å². The summed E-state index contributed by atoms with van der Waals surface area (Å²) in [6, 6.07) is 0. The van der Waals surface area contributed by atoms with Crippen molar-refractivity contribution >= 4 is 12.2 Å². The molecule has 0 atom stereocenters. The molecule has 0 saturated heterocycles. The average molecular weight is 169 g/mol. The summed E-state index contributed by atoms with van der Waals surface area (Å²) in [7, 11) is 1.27. The van der Waals surface area contributed by atoms with E-state index in [-0.39, 0.29) is 12.2 Å². The topological polar surface area (TPSA) is 70.4 Å². The standard InChI is InChI=1S/C8H11NO3/c1-12-8(11)4-2-3-7(10)5-6-9/h2-4,6,9-10H,5H2,1H3/b4-2+,7-3+,9-6?. The number of ether oxygens (including phenoxy) is 1. The lowest BCUT2D eigenvalue weighted by atomic mass is 10.3. The van der Waals surface area contributed by atoms with Gasteiger partial charge < -0.3 is 15.3 Å². The Bertz CT molecular complexity index is 218. The number of hydrogen-bond acceptors (Lipinski definition) is 4. The number of carbonyl (C=O) groups is 1. The molecule has 0 rings (SSSR count). The van der Waals surface area contributed by atoms with Crippen LogP contribution in [0.5, 0.6) is 0 Å². The Hall–Kier alpha value is -1.58. The van der Waals surface area contributed by atoms with Crippen molar-refractivity contribution in [2.45, 2.75) is 6.42 Å². The first-order chi connectivity index (χ1) is 5.70. The highest BCUT2D eigenvalue weighted by Crippen LogP contribution is 1.92. The van der Waals surface area contributed by atoms with Crippen molar-refractivity contribution in [2.75, 3.05) is 7.11 Å². The average Bonchev–Trinajstić information content (AvgIpc) is 2.04. The van der Waals surface area contributed by atoms with E-state index in [1.807, 2.05) is 0 Å². The quantitative estimate of drug-likeness (QED) is 0.218. The Kier molecular flexibility index (Phi) is 5.34. The molecule has 4 heteroatoms. The van der Waals surface area contributed by atoms with Crippen LogP contribution in [0.2, 0.25) is 0 Å². The lowest BCUT2D eigenvalue weighted by Gasteiger charge is -1.89. The number of methoxy groups -OCH3 is 1. The van der Waals surface area contributed by atoms with Gasteiger partial charge >= 0.3 is 5.97 Å². The molecular formula is C8H11NO3. The Morgan fingerprint density at radius 3 is 2.83 bits per heavy atom. The minimum Gasteiger partial charge on any atom is -0.512 e. The summed E-state index contributed by atoms with van der Waals surface area (Å²) >= 11 is 0. The van der Waals surface area contributed by atoms with E-state index in [2.05, 4.69) is 4.74 Å². The molecule has 0 aromatic rings. The molecule has 0 unspecified atom stereocenters. The molecule has 0 aliphatic heterocycles. The largest absolute Gasteiger partial charge is 0.512 e. The van der Waals surface area contributed by atoms with Gasteiger partial charge in [0, 0.05) is 18.7 Å². The predicted octanol–water partition coefficient (Wildman–Crippen LogP) is 1.20. The molecule has 0 aliphatic rings. The number of aliphatic hydroxyl groups excluding tert-OH is 1. The number of esters is 1. The van der Waals surface area contributed by atoms with Crippen LogP contribution in [0.1, 0.15) is 6.42 Å². The van der Waals surface area contributed by atoms with Gasteiger partial charge in [-0.2, -0.15) is 0 Å². The van der Waals surface area contributed by atoms with Gasteiger partial charge in [0.05, 0.1) is 12.9 Å². The van der Waals surface area contributed by atoms with Crippen LogP contribution < -0.4 is 0 Å². The number of rotatable bonds is 4. The van der Waals surface area contributed by atoms with Gasteiger partial charge in [-0.05, 0) is 6.08 Å². The smallest absolute Gasteiger partial charge is 0.330 e. The van der Waals surface area contributed by atoms with Crippen molar-refractivity contribution in [2.24, 2.45) is 0 Å². The molecule has 0 saturated carbocycles. The third kappa shape index (κ3) is 5.22. The number of carbonyl (C=O) groups excluding carboxylic acids is 1. The maximum atomic E-state index is 10.5. The summed E-state index contributed by atoms with van der Waals surface area (Å²) in [5, 5.41) is 15.6. The van der Waals surface area contributed by atoms with Gasteiger partial charge in [-0.15, -0.1) is 0 Å². The molecule has 0 heterocycles. The molecular weight excluding hydrogens is 158 g/mol. The fourth-order valence-corrected chi connectivity index (χ4v) is 0.478. The van der Waals surface area contributed by atoms with Crippen LogP contribution in [0.25, 0.3) is 0 Å². The van der Waals surface area contributed by atoms with Crippen molar-refractivity contribution in [3.63, 3.8) is 0 Å². The van der Waals surface area contributed by atoms with Crippen molar-refractivity contribution in [1.82, 2.24) is 0 Å². The van der Waals surface area contributed by atoms with E-state index < -0.39 is 5.97 Å². The lowest BCUT2D eigenvalue weighted by molar-refractivity contribution is -0.134. The maximum absolute atomic E-state index is 10.5. The maximum Gasteiger partial charge on any atom is 0.330 e. The van der Waals surface area contributed by atoms with Crippen LogP contribution in [0, 0.1) is 5.41 Å². The van der Waals surface area contributed by atoms with E-state index in [1.165, 1.54) is 25.3 Å². The molecule has 4 nitrogen and oxygen atoms in total. The van der Waals surface area contributed by atoms with Crippen molar-refractivity contribution in [1.29, 1.82) is 5.41 Å². The molecule has 0 amide bonds. The molecule has 0 aromatic carbocycles. The van der Waals surface area contributed by atoms with E-state index >= 15 is 0 Å². The van der Waals surface area contributed by atoms with Crippen molar-refractivity contribution in [3.8, 4) is 0 Å². The van der Waals surface area contributed by atoms with Crippen LogP contribution in [0.15, 0.2) is 24.0 Å². The number of allylic oxidation sites excluding steroid dienone is 3. The molecule has 0 spiro atoms. The molecule has 2 N–H and O–H groups in total. The summed E-state index contributed by atoms with van der Waals surface area (Å²) in [4.78, 5) is 10.5. The second kappa shape index (κ2) is 6.15. The highest BCUT2D eigenvalue weighted by atomic mass is 16.5. The summed E-state index contributed by atoms with van der Waals surface area (Å²) in [5.41, 5.74) is 0. The Balaban J connectivity index is 3.93. The Labute approximate surface area is 70.7 Å². The molecule has 12 heavy (non-hydrogen) atoms. The Morgan fingerprint density at radius 1 is 1.67 bits per heavy atom. The fraction of sp³-hybridized carbons (Fsp3) is 0.250. The van der Waals surface area contributed by atoms with Crippen molar-refractivity contribution in [3.05, 3.63) is 24.0 Å². The minimum absolute atomic E-state index is 0.0325. The van der Waals surface area contributed by atoms with Crippen LogP contribution >= 0.6 is 0 Å². The zero-order chi connectivity index (χ0) is 9.40. The SMILES string of the molecule is COC(=O)/C=C/C=C(/O)CC=N. The fourth-order valence-electron chi connectivity index (χ4n) is 0.478. The van der Waals surface area contributed by atoms with E-state index in [0.717, 1.165) is 6.21 Å². The summed E-state index contributed by atoms with van der Waals surface area (Å²) in [6.07, 6.45) is 5.12. The highest BCUT2D eigenvalue weighted by Gasteiger charge is 1.89. The highest BCUT2D eigenvalue weighted by molar-refractivity contribution is 5.82. The normalized spacial score (nSPS) is 11.6. The van der Waals surface area contributed by atoms with Crippen LogP contribution in [-0.4, -0.2) is 24.4 Å². The van der Waals surface area contributed by atoms with Gasteiger partial charge in [-0.3, -0.25) is 0 Å². The van der Waals surface area contributed by atoms with Crippen molar-refractivity contribution < 1.29 is 14.6 Å². The number of nitrogens with one attached hydrogen (secondary N) is 1. The minimum atomic E-state index is -0.478. The summed E-state index contributed by atoms with van der Waals surface area (Å²) < 4.78 is 4.31. The van der Waals surface area contributed by atoms with E-state index in [4.69, 9.17) is 10.5 Å². The number of aliphatic hydroxyl groups is 1. The first-order valence-corrected chi connectivity index (χ1v) is 3.33. The first-order valence-electron chi connectivity index (χ1n) is 3.33. The third-order valence-electron chi connectivity index (χ3n) is 1.03. The second-order valence-electron chi connectivity index (χ2n) is 1.95. The molecule has 0 aromatic heterocycles.